The molecule has 2 aromatic carbocycles. The monoisotopic (exact) mass is 328 g/mol. The lowest BCUT2D eigenvalue weighted by Gasteiger charge is -2.07. The highest BCUT2D eigenvalue weighted by Gasteiger charge is 2.11. The van der Waals surface area contributed by atoms with E-state index in [4.69, 9.17) is 11.6 Å². The van der Waals surface area contributed by atoms with Crippen molar-refractivity contribution in [2.75, 3.05) is 0 Å². The van der Waals surface area contributed by atoms with Crippen molar-refractivity contribution in [3.05, 3.63) is 58.6 Å². The minimum atomic E-state index is -0.138. The Morgan fingerprint density at radius 2 is 1.96 bits per heavy atom. The Balaban J connectivity index is 1.74. The van der Waals surface area contributed by atoms with Crippen LogP contribution in [0, 0.1) is 0 Å². The molecule has 5 nitrogen and oxygen atoms in total. The van der Waals surface area contributed by atoms with Gasteiger partial charge in [-0.05, 0) is 49.7 Å². The number of carbonyl (C=O) groups excluding carboxylic acids is 1. The van der Waals surface area contributed by atoms with Crippen LogP contribution in [-0.4, -0.2) is 20.9 Å². The van der Waals surface area contributed by atoms with Crippen molar-refractivity contribution in [2.45, 2.75) is 26.4 Å². The van der Waals surface area contributed by atoms with Crippen molar-refractivity contribution in [2.24, 2.45) is 0 Å². The van der Waals surface area contributed by atoms with Crippen LogP contribution < -0.4 is 5.32 Å². The van der Waals surface area contributed by atoms with Crippen molar-refractivity contribution >= 4 is 28.5 Å². The summed E-state index contributed by atoms with van der Waals surface area (Å²) in [4.78, 5) is 12.3. The fourth-order valence-electron chi connectivity index (χ4n) is 2.35. The Labute approximate surface area is 139 Å². The predicted molar refractivity (Wildman–Crippen MR) is 90.5 cm³/mol. The van der Waals surface area contributed by atoms with Gasteiger partial charge in [-0.2, -0.15) is 0 Å². The van der Waals surface area contributed by atoms with Crippen molar-refractivity contribution in [1.29, 1.82) is 0 Å². The average molecular weight is 329 g/mol. The zero-order valence-corrected chi connectivity index (χ0v) is 13.7. The number of nitrogens with one attached hydrogen (secondary N) is 1. The van der Waals surface area contributed by atoms with Gasteiger partial charge in [-0.3, -0.25) is 4.79 Å². The molecule has 0 fully saturated rings. The highest BCUT2D eigenvalue weighted by molar-refractivity contribution is 6.30. The van der Waals surface area contributed by atoms with Gasteiger partial charge in [-0.25, -0.2) is 4.68 Å². The summed E-state index contributed by atoms with van der Waals surface area (Å²) in [5.74, 6) is -0.138. The number of nitrogens with zero attached hydrogens (tertiary/aromatic N) is 3. The van der Waals surface area contributed by atoms with Gasteiger partial charge in [0.15, 0.2) is 0 Å². The van der Waals surface area contributed by atoms with E-state index < -0.39 is 0 Å². The number of hydrogen-bond donors (Lipinski definition) is 1. The summed E-state index contributed by atoms with van der Waals surface area (Å²) in [7, 11) is 0. The van der Waals surface area contributed by atoms with E-state index in [2.05, 4.69) is 15.6 Å². The van der Waals surface area contributed by atoms with Gasteiger partial charge in [0.2, 0.25) is 0 Å². The second kappa shape index (κ2) is 6.38. The Hall–Kier alpha value is -2.40. The standard InChI is InChI=1S/C17H17ClN4O/c1-11(2)22-16-8-5-13(9-15(16)20-21-22)17(23)19-10-12-3-6-14(18)7-4-12/h3-9,11H,10H2,1-2H3,(H,19,23). The van der Waals surface area contributed by atoms with E-state index in [0.717, 1.165) is 16.6 Å². The maximum absolute atomic E-state index is 12.3. The second-order valence-electron chi connectivity index (χ2n) is 5.64. The van der Waals surface area contributed by atoms with Crippen LogP contribution in [0.3, 0.4) is 0 Å². The van der Waals surface area contributed by atoms with Gasteiger partial charge < -0.3 is 5.32 Å². The quantitative estimate of drug-likeness (QED) is 0.796. The average Bonchev–Trinajstić information content (AvgIpc) is 2.97. The molecule has 1 heterocycles. The predicted octanol–water partition coefficient (Wildman–Crippen LogP) is 3.60. The van der Waals surface area contributed by atoms with Crippen LogP contribution in [-0.2, 0) is 6.54 Å². The van der Waals surface area contributed by atoms with E-state index in [1.54, 1.807) is 24.3 Å². The lowest BCUT2D eigenvalue weighted by atomic mass is 10.1. The first-order valence-corrected chi connectivity index (χ1v) is 7.80. The highest BCUT2D eigenvalue weighted by atomic mass is 35.5. The molecule has 118 valence electrons. The molecular formula is C17H17ClN4O. The van der Waals surface area contributed by atoms with E-state index in [1.165, 1.54) is 0 Å². The second-order valence-corrected chi connectivity index (χ2v) is 6.08. The van der Waals surface area contributed by atoms with Gasteiger partial charge in [0.25, 0.3) is 5.91 Å². The van der Waals surface area contributed by atoms with Gasteiger partial charge in [0.1, 0.15) is 5.52 Å². The molecule has 0 unspecified atom stereocenters. The molecule has 0 saturated heterocycles. The largest absolute Gasteiger partial charge is 0.348 e. The van der Waals surface area contributed by atoms with Crippen molar-refractivity contribution in [3.8, 4) is 0 Å². The Bertz CT molecular complexity index is 839. The normalized spacial score (nSPS) is 11.1. The van der Waals surface area contributed by atoms with E-state index in [0.29, 0.717) is 17.1 Å². The first-order valence-electron chi connectivity index (χ1n) is 7.42. The number of aromatic nitrogens is 3. The summed E-state index contributed by atoms with van der Waals surface area (Å²) in [5, 5.41) is 11.8. The molecule has 23 heavy (non-hydrogen) atoms. The van der Waals surface area contributed by atoms with Gasteiger partial charge in [0, 0.05) is 23.2 Å². The van der Waals surface area contributed by atoms with E-state index in [1.807, 2.05) is 36.7 Å². The van der Waals surface area contributed by atoms with Crippen molar-refractivity contribution in [3.63, 3.8) is 0 Å². The molecule has 0 radical (unpaired) electrons. The summed E-state index contributed by atoms with van der Waals surface area (Å²) in [6.45, 7) is 4.54. The van der Waals surface area contributed by atoms with E-state index in [9.17, 15) is 4.79 Å². The van der Waals surface area contributed by atoms with Crippen LogP contribution in [0.25, 0.3) is 11.0 Å². The smallest absolute Gasteiger partial charge is 0.251 e. The van der Waals surface area contributed by atoms with Gasteiger partial charge >= 0.3 is 0 Å². The van der Waals surface area contributed by atoms with Gasteiger partial charge in [0.05, 0.1) is 5.52 Å². The number of benzene rings is 2. The number of rotatable bonds is 4. The van der Waals surface area contributed by atoms with Crippen LogP contribution >= 0.6 is 11.6 Å². The van der Waals surface area contributed by atoms with Crippen LogP contribution in [0.15, 0.2) is 42.5 Å². The third-order valence-corrected chi connectivity index (χ3v) is 3.84. The SMILES string of the molecule is CC(C)n1nnc2cc(C(=O)NCc3ccc(Cl)cc3)ccc21. The molecule has 0 bridgehead atoms. The maximum atomic E-state index is 12.3. The first kappa shape index (κ1) is 15.5. The van der Waals surface area contributed by atoms with Gasteiger partial charge in [-0.15, -0.1) is 5.10 Å². The minimum Gasteiger partial charge on any atom is -0.348 e. The molecule has 3 aromatic rings. The van der Waals surface area contributed by atoms with Gasteiger partial charge in [-0.1, -0.05) is 28.9 Å². The number of amides is 1. The van der Waals surface area contributed by atoms with Crippen LogP contribution in [0.4, 0.5) is 0 Å². The fraction of sp³-hybridized carbons (Fsp3) is 0.235. The minimum absolute atomic E-state index is 0.138. The molecule has 0 spiro atoms. The molecule has 0 saturated carbocycles. The topological polar surface area (TPSA) is 59.8 Å². The zero-order valence-electron chi connectivity index (χ0n) is 13.0. The van der Waals surface area contributed by atoms with Crippen LogP contribution in [0.2, 0.25) is 5.02 Å². The highest BCUT2D eigenvalue weighted by Crippen LogP contribution is 2.17. The number of hydrogen-bond acceptors (Lipinski definition) is 3. The molecule has 1 aromatic heterocycles. The summed E-state index contributed by atoms with van der Waals surface area (Å²) in [6.07, 6.45) is 0. The third-order valence-electron chi connectivity index (χ3n) is 3.59. The van der Waals surface area contributed by atoms with Crippen molar-refractivity contribution in [1.82, 2.24) is 20.3 Å². The molecular weight excluding hydrogens is 312 g/mol. The lowest BCUT2D eigenvalue weighted by Crippen LogP contribution is -2.22. The fourth-order valence-corrected chi connectivity index (χ4v) is 2.48. The lowest BCUT2D eigenvalue weighted by molar-refractivity contribution is 0.0951. The van der Waals surface area contributed by atoms with Crippen LogP contribution in [0.1, 0.15) is 35.8 Å². The van der Waals surface area contributed by atoms with Crippen LogP contribution in [0.5, 0.6) is 0 Å². The number of carbonyl (C=O) groups is 1. The summed E-state index contributed by atoms with van der Waals surface area (Å²) < 4.78 is 1.84. The number of halogens is 1. The summed E-state index contributed by atoms with van der Waals surface area (Å²) in [5.41, 5.74) is 3.21. The first-order chi connectivity index (χ1) is 11.0. The molecule has 0 atom stereocenters. The summed E-state index contributed by atoms with van der Waals surface area (Å²) in [6, 6.07) is 13.1. The molecule has 6 heteroatoms. The molecule has 1 amide bonds. The Morgan fingerprint density at radius 3 is 2.65 bits per heavy atom. The van der Waals surface area contributed by atoms with E-state index in [-0.39, 0.29) is 11.9 Å². The molecule has 0 aliphatic rings. The molecule has 3 rings (SSSR count). The third kappa shape index (κ3) is 3.35. The Morgan fingerprint density at radius 1 is 1.22 bits per heavy atom. The molecule has 0 aliphatic heterocycles. The molecule has 0 aliphatic carbocycles. The zero-order chi connectivity index (χ0) is 16.4. The maximum Gasteiger partial charge on any atom is 0.251 e. The molecule has 1 N–H and O–H groups in total. The van der Waals surface area contributed by atoms with E-state index >= 15 is 0 Å². The van der Waals surface area contributed by atoms with Crippen molar-refractivity contribution < 1.29 is 4.79 Å². The summed E-state index contributed by atoms with van der Waals surface area (Å²) >= 11 is 5.85. The Kier molecular flexibility index (Phi) is 4.30. The number of fused-ring (bicyclic) bond motifs is 1.